The van der Waals surface area contributed by atoms with Gasteiger partial charge in [0.25, 0.3) is 0 Å². The van der Waals surface area contributed by atoms with E-state index in [4.69, 9.17) is 5.73 Å². The molecule has 0 aliphatic rings. The molecule has 6 heteroatoms. The molecule has 1 atom stereocenters. The molecule has 1 amide bonds. The first kappa shape index (κ1) is 12.6. The van der Waals surface area contributed by atoms with E-state index < -0.39 is 17.9 Å². The van der Waals surface area contributed by atoms with Gasteiger partial charge in [-0.3, -0.25) is 4.79 Å². The maximum atomic E-state index is 9.97. The number of carboxylic acid groups (broad SMARTS) is 1. The fourth-order valence-corrected chi connectivity index (χ4v) is 0.300. The maximum Gasteiger partial charge on any atom is 1.00 e. The zero-order valence-electron chi connectivity index (χ0n) is 5.66. The molecule has 10 heavy (non-hydrogen) atoms. The summed E-state index contributed by atoms with van der Waals surface area (Å²) in [5, 5.41) is 9.79. The zero-order valence-corrected chi connectivity index (χ0v) is 7.66. The summed E-state index contributed by atoms with van der Waals surface area (Å²) >= 11 is 0. The van der Waals surface area contributed by atoms with Crippen molar-refractivity contribution in [3.63, 3.8) is 0 Å². The van der Waals surface area contributed by atoms with Crippen molar-refractivity contribution in [3.8, 4) is 0 Å². The molecule has 0 radical (unpaired) electrons. The van der Waals surface area contributed by atoms with Crippen LogP contribution in [0.25, 0.3) is 0 Å². The van der Waals surface area contributed by atoms with Gasteiger partial charge >= 0.3 is 29.6 Å². The van der Waals surface area contributed by atoms with Crippen molar-refractivity contribution < 1.29 is 44.3 Å². The quantitative estimate of drug-likeness (QED) is 0.394. The first-order valence-corrected chi connectivity index (χ1v) is 2.28. The van der Waals surface area contributed by atoms with Crippen LogP contribution in [-0.2, 0) is 9.59 Å². The normalized spacial score (nSPS) is 11.3. The molecule has 0 fully saturated rings. The number of carbonyl (C=O) groups is 2. The second-order valence-corrected chi connectivity index (χ2v) is 1.60. The van der Waals surface area contributed by atoms with Crippen molar-refractivity contribution in [2.24, 2.45) is 11.5 Å². The molecular weight excluding hydrogens is 147 g/mol. The van der Waals surface area contributed by atoms with Crippen LogP contribution >= 0.6 is 0 Å². The van der Waals surface area contributed by atoms with Crippen LogP contribution in [0.2, 0.25) is 0 Å². The van der Waals surface area contributed by atoms with Crippen molar-refractivity contribution in [1.29, 1.82) is 0 Å². The van der Waals surface area contributed by atoms with Crippen molar-refractivity contribution in [2.75, 3.05) is 0 Å². The van der Waals surface area contributed by atoms with E-state index in [-0.39, 0.29) is 36.0 Å². The average molecular weight is 154 g/mol. The van der Waals surface area contributed by atoms with Gasteiger partial charge in [-0.25, -0.2) is 0 Å². The number of hydrogen-bond donors (Lipinski definition) is 2. The van der Waals surface area contributed by atoms with Gasteiger partial charge in [-0.15, -0.1) is 0 Å². The van der Waals surface area contributed by atoms with E-state index in [2.05, 4.69) is 5.73 Å². The second kappa shape index (κ2) is 5.67. The number of aliphatic carboxylic acids is 1. The molecule has 0 aliphatic carbocycles. The Morgan fingerprint density at radius 2 is 1.90 bits per heavy atom. The number of carbonyl (C=O) groups excluding carboxylic acids is 2. The molecular formula is C4H7N2NaO3. The summed E-state index contributed by atoms with van der Waals surface area (Å²) in [6.45, 7) is 0. The third-order valence-electron chi connectivity index (χ3n) is 0.724. The van der Waals surface area contributed by atoms with Gasteiger partial charge in [0.15, 0.2) is 0 Å². The molecule has 0 aliphatic heterocycles. The number of carboxylic acids is 1. The summed E-state index contributed by atoms with van der Waals surface area (Å²) < 4.78 is 0. The Labute approximate surface area is 80.0 Å². The van der Waals surface area contributed by atoms with Gasteiger partial charge in [0, 0.05) is 6.42 Å². The summed E-state index contributed by atoms with van der Waals surface area (Å²) in [5.41, 5.74) is 9.48. The van der Waals surface area contributed by atoms with Gasteiger partial charge in [-0.05, 0) is 0 Å². The van der Waals surface area contributed by atoms with Crippen molar-refractivity contribution >= 4 is 11.9 Å². The van der Waals surface area contributed by atoms with E-state index in [0.717, 1.165) is 0 Å². The summed E-state index contributed by atoms with van der Waals surface area (Å²) in [6.07, 6.45) is -0.373. The predicted octanol–water partition coefficient (Wildman–Crippen LogP) is -6.06. The van der Waals surface area contributed by atoms with E-state index in [9.17, 15) is 14.7 Å². The van der Waals surface area contributed by atoms with Crippen molar-refractivity contribution in [3.05, 3.63) is 0 Å². The van der Waals surface area contributed by atoms with Crippen LogP contribution in [0.1, 0.15) is 6.42 Å². The van der Waals surface area contributed by atoms with E-state index in [1.807, 2.05) is 0 Å². The molecule has 0 saturated heterocycles. The Kier molecular flexibility index (Phi) is 7.12. The monoisotopic (exact) mass is 154 g/mol. The largest absolute Gasteiger partial charge is 1.00 e. The van der Waals surface area contributed by atoms with E-state index in [1.54, 1.807) is 0 Å². The number of primary amides is 1. The molecule has 52 valence electrons. The minimum atomic E-state index is -1.46. The number of rotatable bonds is 3. The second-order valence-electron chi connectivity index (χ2n) is 1.60. The third kappa shape index (κ3) is 6.03. The smallest absolute Gasteiger partial charge is 0.548 e. The van der Waals surface area contributed by atoms with Gasteiger partial charge in [0.2, 0.25) is 5.91 Å². The maximum absolute atomic E-state index is 9.97. The van der Waals surface area contributed by atoms with Gasteiger partial charge in [0.05, 0.1) is 12.0 Å². The molecule has 5 nitrogen and oxygen atoms in total. The van der Waals surface area contributed by atoms with E-state index >= 15 is 0 Å². The minimum Gasteiger partial charge on any atom is -0.548 e. The van der Waals surface area contributed by atoms with Gasteiger partial charge in [0.1, 0.15) is 0 Å². The third-order valence-corrected chi connectivity index (χ3v) is 0.724. The standard InChI is InChI=1S/C4H8N2O3.Na/c5-2(4(8)9)1-3(6)7;/h2H,1,5H2,(H2,6,7)(H,8,9);/q;+1/p-1. The van der Waals surface area contributed by atoms with Crippen LogP contribution in [0.15, 0.2) is 0 Å². The number of amides is 1. The SMILES string of the molecule is NC(=O)CC(N)C(=O)[O-].[Na+]. The molecule has 0 bridgehead atoms. The summed E-state index contributed by atoms with van der Waals surface area (Å²) in [7, 11) is 0. The van der Waals surface area contributed by atoms with Gasteiger partial charge in [-0.2, -0.15) is 0 Å². The molecule has 1 unspecified atom stereocenters. The van der Waals surface area contributed by atoms with Crippen LogP contribution in [0.5, 0.6) is 0 Å². The van der Waals surface area contributed by atoms with Crippen LogP contribution in [-0.4, -0.2) is 17.9 Å². The summed E-state index contributed by atoms with van der Waals surface area (Å²) in [6, 6.07) is -1.28. The molecule has 0 rings (SSSR count). The molecule has 0 aromatic rings. The van der Waals surface area contributed by atoms with Crippen molar-refractivity contribution in [2.45, 2.75) is 12.5 Å². The fourth-order valence-electron chi connectivity index (χ4n) is 0.300. The Hall–Kier alpha value is -0.100. The first-order chi connectivity index (χ1) is 4.04. The minimum absolute atomic E-state index is 0. The van der Waals surface area contributed by atoms with Gasteiger partial charge in [-0.1, -0.05) is 0 Å². The topological polar surface area (TPSA) is 109 Å². The van der Waals surface area contributed by atoms with E-state index in [0.29, 0.717) is 0 Å². The van der Waals surface area contributed by atoms with Gasteiger partial charge < -0.3 is 21.4 Å². The first-order valence-electron chi connectivity index (χ1n) is 2.28. The van der Waals surface area contributed by atoms with Crippen LogP contribution in [0.3, 0.4) is 0 Å². The zero-order chi connectivity index (χ0) is 7.44. The summed E-state index contributed by atoms with van der Waals surface area (Å²) in [5.74, 6) is -2.21. The Bertz CT molecular complexity index is 138. The fraction of sp³-hybridized carbons (Fsp3) is 0.500. The average Bonchev–Trinajstić information content (AvgIpc) is 1.63. The van der Waals surface area contributed by atoms with E-state index in [1.165, 1.54) is 0 Å². The number of hydrogen-bond acceptors (Lipinski definition) is 4. The van der Waals surface area contributed by atoms with Crippen LogP contribution in [0, 0.1) is 0 Å². The Morgan fingerprint density at radius 1 is 1.50 bits per heavy atom. The molecule has 0 heterocycles. The van der Waals surface area contributed by atoms with Crippen molar-refractivity contribution in [1.82, 2.24) is 0 Å². The molecule has 0 spiro atoms. The predicted molar refractivity (Wildman–Crippen MR) is 26.8 cm³/mol. The van der Waals surface area contributed by atoms with Crippen LogP contribution < -0.4 is 46.1 Å². The molecule has 4 N–H and O–H groups in total. The molecule has 0 saturated carbocycles. The molecule has 0 aromatic heterocycles. The molecule has 0 aromatic carbocycles. The summed E-state index contributed by atoms with van der Waals surface area (Å²) in [4.78, 5) is 19.8. The Balaban J connectivity index is 0. The Morgan fingerprint density at radius 3 is 2.00 bits per heavy atom. The van der Waals surface area contributed by atoms with Crippen LogP contribution in [0.4, 0.5) is 0 Å². The number of nitrogens with two attached hydrogens (primary N) is 2.